The zero-order valence-corrected chi connectivity index (χ0v) is 12.5. The van der Waals surface area contributed by atoms with Crippen LogP contribution in [-0.4, -0.2) is 14.5 Å². The standard InChI is InChI=1S/C15H23NO2S/c1-12-8-10-15(11-9-12)19(17,18)16-13(2)14-6-4-3-5-7-14/h8-11,13-14,16H,3-7H2,1-2H3. The molecule has 0 amide bonds. The minimum Gasteiger partial charge on any atom is -0.208 e. The molecule has 0 bridgehead atoms. The van der Waals surface area contributed by atoms with Gasteiger partial charge in [0.2, 0.25) is 10.0 Å². The van der Waals surface area contributed by atoms with Crippen molar-refractivity contribution in [3.63, 3.8) is 0 Å². The highest BCUT2D eigenvalue weighted by Gasteiger charge is 2.24. The Hall–Kier alpha value is -0.870. The molecule has 1 aromatic carbocycles. The van der Waals surface area contributed by atoms with Crippen molar-refractivity contribution in [3.05, 3.63) is 29.8 Å². The summed E-state index contributed by atoms with van der Waals surface area (Å²) in [6.07, 6.45) is 6.01. The van der Waals surface area contributed by atoms with Crippen LogP contribution in [-0.2, 0) is 10.0 Å². The fourth-order valence-corrected chi connectivity index (χ4v) is 4.07. The maximum atomic E-state index is 12.3. The third-order valence-electron chi connectivity index (χ3n) is 4.03. The third-order valence-corrected chi connectivity index (χ3v) is 5.60. The molecule has 1 unspecified atom stereocenters. The monoisotopic (exact) mass is 281 g/mol. The summed E-state index contributed by atoms with van der Waals surface area (Å²) in [5.74, 6) is 0.481. The second-order valence-electron chi connectivity index (χ2n) is 5.62. The molecule has 0 aromatic heterocycles. The fourth-order valence-electron chi connectivity index (χ4n) is 2.76. The van der Waals surface area contributed by atoms with Crippen LogP contribution in [0.2, 0.25) is 0 Å². The van der Waals surface area contributed by atoms with Crippen molar-refractivity contribution < 1.29 is 8.42 Å². The molecule has 0 aliphatic heterocycles. The Morgan fingerprint density at radius 1 is 1.11 bits per heavy atom. The van der Waals surface area contributed by atoms with Gasteiger partial charge in [0, 0.05) is 6.04 Å². The fraction of sp³-hybridized carbons (Fsp3) is 0.600. The van der Waals surface area contributed by atoms with E-state index in [1.807, 2.05) is 26.0 Å². The van der Waals surface area contributed by atoms with Gasteiger partial charge < -0.3 is 0 Å². The number of hydrogen-bond acceptors (Lipinski definition) is 2. The summed E-state index contributed by atoms with van der Waals surface area (Å²) < 4.78 is 27.4. The Balaban J connectivity index is 2.05. The van der Waals surface area contributed by atoms with Gasteiger partial charge >= 0.3 is 0 Å². The lowest BCUT2D eigenvalue weighted by Crippen LogP contribution is -2.38. The van der Waals surface area contributed by atoms with Gasteiger partial charge in [-0.15, -0.1) is 0 Å². The molecular formula is C15H23NO2S. The molecule has 2 rings (SSSR count). The van der Waals surface area contributed by atoms with Crippen LogP contribution in [0, 0.1) is 12.8 Å². The highest BCUT2D eigenvalue weighted by molar-refractivity contribution is 7.89. The largest absolute Gasteiger partial charge is 0.240 e. The molecule has 0 saturated heterocycles. The normalized spacial score (nSPS) is 19.3. The Labute approximate surface area is 116 Å². The van der Waals surface area contributed by atoms with E-state index in [2.05, 4.69) is 4.72 Å². The first-order valence-corrected chi connectivity index (χ1v) is 8.56. The van der Waals surface area contributed by atoms with Gasteiger partial charge in [0.15, 0.2) is 0 Å². The van der Waals surface area contributed by atoms with Crippen LogP contribution >= 0.6 is 0 Å². The summed E-state index contributed by atoms with van der Waals surface area (Å²) in [6.45, 7) is 3.94. The van der Waals surface area contributed by atoms with Crippen molar-refractivity contribution in [2.24, 2.45) is 5.92 Å². The molecule has 1 saturated carbocycles. The smallest absolute Gasteiger partial charge is 0.208 e. The predicted molar refractivity (Wildman–Crippen MR) is 77.5 cm³/mol. The predicted octanol–water partition coefficient (Wildman–Crippen LogP) is 3.24. The van der Waals surface area contributed by atoms with Crippen LogP contribution in [0.3, 0.4) is 0 Å². The molecule has 19 heavy (non-hydrogen) atoms. The van der Waals surface area contributed by atoms with Crippen molar-refractivity contribution in [2.45, 2.75) is 56.9 Å². The zero-order chi connectivity index (χ0) is 13.9. The van der Waals surface area contributed by atoms with Gasteiger partial charge in [-0.3, -0.25) is 0 Å². The number of hydrogen-bond donors (Lipinski definition) is 1. The minimum atomic E-state index is -3.38. The molecule has 1 fully saturated rings. The van der Waals surface area contributed by atoms with Crippen LogP contribution in [0.4, 0.5) is 0 Å². The van der Waals surface area contributed by atoms with E-state index in [1.54, 1.807) is 12.1 Å². The van der Waals surface area contributed by atoms with E-state index in [0.717, 1.165) is 18.4 Å². The number of aryl methyl sites for hydroxylation is 1. The van der Waals surface area contributed by atoms with Gasteiger partial charge in [0.1, 0.15) is 0 Å². The molecule has 1 aliphatic carbocycles. The van der Waals surface area contributed by atoms with E-state index in [1.165, 1.54) is 19.3 Å². The van der Waals surface area contributed by atoms with Crippen molar-refractivity contribution in [1.29, 1.82) is 0 Å². The summed E-state index contributed by atoms with van der Waals surface area (Å²) in [7, 11) is -3.38. The van der Waals surface area contributed by atoms with Crippen LogP contribution in [0.1, 0.15) is 44.6 Å². The van der Waals surface area contributed by atoms with Gasteiger partial charge in [0.05, 0.1) is 4.90 Å². The van der Waals surface area contributed by atoms with Crippen LogP contribution in [0.5, 0.6) is 0 Å². The van der Waals surface area contributed by atoms with Crippen LogP contribution in [0.25, 0.3) is 0 Å². The number of benzene rings is 1. The SMILES string of the molecule is Cc1ccc(S(=O)(=O)NC(C)C2CCCCC2)cc1. The Morgan fingerprint density at radius 2 is 1.68 bits per heavy atom. The van der Waals surface area contributed by atoms with Gasteiger partial charge in [0.25, 0.3) is 0 Å². The minimum absolute atomic E-state index is 0.0200. The van der Waals surface area contributed by atoms with Crippen molar-refractivity contribution >= 4 is 10.0 Å². The van der Waals surface area contributed by atoms with Gasteiger partial charge in [-0.2, -0.15) is 0 Å². The molecule has 0 heterocycles. The van der Waals surface area contributed by atoms with Crippen molar-refractivity contribution in [3.8, 4) is 0 Å². The van der Waals surface area contributed by atoms with E-state index >= 15 is 0 Å². The lowest BCUT2D eigenvalue weighted by Gasteiger charge is -2.28. The van der Waals surface area contributed by atoms with Gasteiger partial charge in [-0.1, -0.05) is 37.0 Å². The topological polar surface area (TPSA) is 46.2 Å². The Kier molecular flexibility index (Phi) is 4.63. The van der Waals surface area contributed by atoms with Gasteiger partial charge in [-0.05, 0) is 44.7 Å². The highest BCUT2D eigenvalue weighted by Crippen LogP contribution is 2.27. The van der Waals surface area contributed by atoms with E-state index in [9.17, 15) is 8.42 Å². The van der Waals surface area contributed by atoms with Crippen molar-refractivity contribution in [2.75, 3.05) is 0 Å². The number of nitrogens with one attached hydrogen (secondary N) is 1. The average Bonchev–Trinajstić information content (AvgIpc) is 2.40. The Morgan fingerprint density at radius 3 is 2.26 bits per heavy atom. The number of rotatable bonds is 4. The van der Waals surface area contributed by atoms with E-state index < -0.39 is 10.0 Å². The third kappa shape index (κ3) is 3.80. The summed E-state index contributed by atoms with van der Waals surface area (Å²) in [6, 6.07) is 7.03. The zero-order valence-electron chi connectivity index (χ0n) is 11.7. The second-order valence-corrected chi connectivity index (χ2v) is 7.34. The molecule has 106 valence electrons. The molecule has 1 aliphatic rings. The second kappa shape index (κ2) is 6.06. The summed E-state index contributed by atoms with van der Waals surface area (Å²) >= 11 is 0. The highest BCUT2D eigenvalue weighted by atomic mass is 32.2. The summed E-state index contributed by atoms with van der Waals surface area (Å²) in [4.78, 5) is 0.362. The van der Waals surface area contributed by atoms with E-state index in [4.69, 9.17) is 0 Å². The quantitative estimate of drug-likeness (QED) is 0.921. The molecular weight excluding hydrogens is 258 g/mol. The number of sulfonamides is 1. The molecule has 1 aromatic rings. The van der Waals surface area contributed by atoms with E-state index in [0.29, 0.717) is 10.8 Å². The first-order valence-electron chi connectivity index (χ1n) is 7.08. The van der Waals surface area contributed by atoms with Crippen LogP contribution in [0.15, 0.2) is 29.2 Å². The lowest BCUT2D eigenvalue weighted by molar-refractivity contribution is 0.303. The lowest BCUT2D eigenvalue weighted by atomic mass is 9.85. The molecule has 0 spiro atoms. The first-order chi connectivity index (χ1) is 8.99. The average molecular weight is 281 g/mol. The van der Waals surface area contributed by atoms with Crippen LogP contribution < -0.4 is 4.72 Å². The Bertz CT molecular complexity index is 501. The molecule has 4 heteroatoms. The summed E-state index contributed by atoms with van der Waals surface area (Å²) in [5.41, 5.74) is 1.07. The maximum absolute atomic E-state index is 12.3. The molecule has 3 nitrogen and oxygen atoms in total. The van der Waals surface area contributed by atoms with Crippen molar-refractivity contribution in [1.82, 2.24) is 4.72 Å². The molecule has 0 radical (unpaired) electrons. The van der Waals surface area contributed by atoms with Gasteiger partial charge in [-0.25, -0.2) is 13.1 Å². The van der Waals surface area contributed by atoms with E-state index in [-0.39, 0.29) is 6.04 Å². The molecule has 1 atom stereocenters. The molecule has 1 N–H and O–H groups in total. The first kappa shape index (κ1) is 14.5. The maximum Gasteiger partial charge on any atom is 0.240 e. The summed E-state index contributed by atoms with van der Waals surface area (Å²) in [5, 5.41) is 0.